The normalized spacial score (nSPS) is 15.2. The van der Waals surface area contributed by atoms with Crippen molar-refractivity contribution in [3.63, 3.8) is 0 Å². The molecule has 44 heavy (non-hydrogen) atoms. The second-order valence-electron chi connectivity index (χ2n) is 12.3. The lowest BCUT2D eigenvalue weighted by Gasteiger charge is -2.16. The topological polar surface area (TPSA) is 71.7 Å². The molecule has 1 saturated heterocycles. The molecule has 222 valence electrons. The smallest absolute Gasteiger partial charge is 0.270 e. The minimum atomic E-state index is -0.144. The van der Waals surface area contributed by atoms with Crippen LogP contribution in [0.3, 0.4) is 0 Å². The van der Waals surface area contributed by atoms with E-state index in [0.29, 0.717) is 12.1 Å². The number of hydrogen-bond acceptors (Lipinski definition) is 4. The average molecular weight is 583 g/mol. The molecule has 0 spiro atoms. The van der Waals surface area contributed by atoms with Crippen molar-refractivity contribution in [3.05, 3.63) is 99.6 Å². The fraction of sp³-hybridized carbons (Fsp3) is 0.324. The van der Waals surface area contributed by atoms with Crippen molar-refractivity contribution < 1.29 is 0 Å². The van der Waals surface area contributed by atoms with Gasteiger partial charge >= 0.3 is 0 Å². The molecule has 3 aromatic carbocycles. The molecule has 7 nitrogen and oxygen atoms in total. The second kappa shape index (κ2) is 11.2. The van der Waals surface area contributed by atoms with Gasteiger partial charge in [-0.15, -0.1) is 0 Å². The van der Waals surface area contributed by atoms with Gasteiger partial charge in [-0.3, -0.25) is 4.79 Å². The third kappa shape index (κ3) is 4.76. The molecule has 0 unspecified atom stereocenters. The highest BCUT2D eigenvalue weighted by Crippen LogP contribution is 2.35. The van der Waals surface area contributed by atoms with E-state index in [1.165, 1.54) is 48.1 Å². The van der Waals surface area contributed by atoms with E-state index in [-0.39, 0.29) is 5.56 Å². The van der Waals surface area contributed by atoms with E-state index < -0.39 is 0 Å². The van der Waals surface area contributed by atoms with Crippen LogP contribution in [0.1, 0.15) is 55.1 Å². The summed E-state index contributed by atoms with van der Waals surface area (Å²) in [5.41, 5.74) is 10.1. The molecule has 0 atom stereocenters. The maximum Gasteiger partial charge on any atom is 0.270 e. The maximum absolute atomic E-state index is 13.0. The fourth-order valence-electron chi connectivity index (χ4n) is 7.37. The molecule has 1 aliphatic heterocycles. The van der Waals surface area contributed by atoms with E-state index >= 15 is 0 Å². The zero-order chi connectivity index (χ0) is 29.6. The van der Waals surface area contributed by atoms with Crippen molar-refractivity contribution >= 4 is 39.0 Å². The van der Waals surface area contributed by atoms with Gasteiger partial charge in [0.15, 0.2) is 0 Å². The lowest BCUT2D eigenvalue weighted by atomic mass is 10.0. The summed E-state index contributed by atoms with van der Waals surface area (Å²) < 4.78 is 4.85. The van der Waals surface area contributed by atoms with Gasteiger partial charge in [0.1, 0.15) is 11.5 Å². The average Bonchev–Trinajstić information content (AvgIpc) is 3.77. The maximum atomic E-state index is 13.0. The van der Waals surface area contributed by atoms with E-state index in [0.717, 1.165) is 77.9 Å². The van der Waals surface area contributed by atoms with Gasteiger partial charge in [-0.05, 0) is 94.6 Å². The van der Waals surface area contributed by atoms with Crippen molar-refractivity contribution in [1.82, 2.24) is 29.0 Å². The molecular formula is C37H38N6O. The molecule has 1 N–H and O–H groups in total. The summed E-state index contributed by atoms with van der Waals surface area (Å²) in [6.07, 6.45) is 10.9. The molecule has 1 aliphatic carbocycles. The molecular weight excluding hydrogens is 544 g/mol. The van der Waals surface area contributed by atoms with E-state index in [1.54, 1.807) is 0 Å². The molecule has 2 aliphatic rings. The number of allylic oxidation sites excluding steroid dienone is 1. The molecule has 3 aromatic heterocycles. The Morgan fingerprint density at radius 1 is 0.886 bits per heavy atom. The van der Waals surface area contributed by atoms with Crippen LogP contribution in [-0.4, -0.2) is 48.6 Å². The van der Waals surface area contributed by atoms with E-state index in [2.05, 4.69) is 62.4 Å². The highest BCUT2D eigenvalue weighted by Gasteiger charge is 2.20. The van der Waals surface area contributed by atoms with Crippen LogP contribution in [0.2, 0.25) is 0 Å². The van der Waals surface area contributed by atoms with Gasteiger partial charge in [-0.1, -0.05) is 42.5 Å². The third-order valence-corrected chi connectivity index (χ3v) is 9.52. The van der Waals surface area contributed by atoms with Crippen molar-refractivity contribution in [3.8, 4) is 11.4 Å². The second-order valence-corrected chi connectivity index (χ2v) is 12.3. The first kappa shape index (κ1) is 27.1. The molecule has 0 amide bonds. The Bertz CT molecular complexity index is 2090. The largest absolute Gasteiger partial charge is 0.344 e. The number of aromatic amines is 1. The number of benzene rings is 3. The van der Waals surface area contributed by atoms with Crippen LogP contribution in [0.5, 0.6) is 0 Å². The third-order valence-electron chi connectivity index (χ3n) is 9.52. The number of imidazole rings is 1. The van der Waals surface area contributed by atoms with Crippen molar-refractivity contribution in [2.24, 2.45) is 0 Å². The minimum Gasteiger partial charge on any atom is -0.344 e. The lowest BCUT2D eigenvalue weighted by Crippen LogP contribution is -2.21. The number of fused-ring (bicyclic) bond motifs is 5. The molecule has 4 heterocycles. The van der Waals surface area contributed by atoms with Crippen LogP contribution in [0.25, 0.3) is 50.4 Å². The quantitative estimate of drug-likeness (QED) is 0.211. The number of rotatable bonds is 8. The lowest BCUT2D eigenvalue weighted by molar-refractivity contribution is 0.326. The summed E-state index contributed by atoms with van der Waals surface area (Å²) in [6, 6.07) is 21.0. The van der Waals surface area contributed by atoms with Gasteiger partial charge < -0.3 is 19.0 Å². The highest BCUT2D eigenvalue weighted by atomic mass is 16.1. The van der Waals surface area contributed by atoms with Crippen LogP contribution in [0, 0.1) is 0 Å². The van der Waals surface area contributed by atoms with E-state index in [9.17, 15) is 4.79 Å². The van der Waals surface area contributed by atoms with Crippen LogP contribution in [-0.2, 0) is 25.9 Å². The van der Waals surface area contributed by atoms with Crippen LogP contribution in [0.4, 0.5) is 0 Å². The monoisotopic (exact) mass is 582 g/mol. The molecule has 6 aromatic rings. The van der Waals surface area contributed by atoms with Gasteiger partial charge in [0.25, 0.3) is 5.56 Å². The van der Waals surface area contributed by atoms with Crippen LogP contribution < -0.4 is 5.56 Å². The fourth-order valence-corrected chi connectivity index (χ4v) is 7.37. The number of hydrogen-bond donors (Lipinski definition) is 1. The summed E-state index contributed by atoms with van der Waals surface area (Å²) in [5, 5.41) is 1.30. The summed E-state index contributed by atoms with van der Waals surface area (Å²) in [4.78, 5) is 28.8. The number of nitrogens with one attached hydrogen (secondary N) is 1. The Morgan fingerprint density at radius 3 is 2.59 bits per heavy atom. The zero-order valence-electron chi connectivity index (χ0n) is 25.4. The molecule has 1 fully saturated rings. The predicted octanol–water partition coefficient (Wildman–Crippen LogP) is 6.95. The first-order chi connectivity index (χ1) is 21.7. The summed E-state index contributed by atoms with van der Waals surface area (Å²) in [6.45, 7) is 7.58. The number of aryl methyl sites for hydroxylation is 2. The number of H-pyrrole nitrogens is 1. The van der Waals surface area contributed by atoms with Crippen molar-refractivity contribution in [2.45, 2.75) is 58.5 Å². The Kier molecular flexibility index (Phi) is 6.90. The van der Waals surface area contributed by atoms with Gasteiger partial charge in [-0.2, -0.15) is 0 Å². The molecule has 0 radical (unpaired) electrons. The molecule has 7 heteroatoms. The summed E-state index contributed by atoms with van der Waals surface area (Å²) in [7, 11) is 0. The van der Waals surface area contributed by atoms with Crippen LogP contribution >= 0.6 is 0 Å². The number of nitrogens with zero attached hydrogens (tertiary/aromatic N) is 5. The Labute approximate surface area is 256 Å². The standard InChI is InChI=1S/C37H38N6O/c1-2-42-33-14-7-6-13-27(33)28-22-26(15-16-34(28)42)36-39-31-23-29-30(24-35(31)43(36)20-10-19-41-17-8-9-18-41)38-32(37(44)40-29)21-25-11-4-3-5-12-25/h3-6,11-13,15-16,22-24H,2,7-10,14,17-21H2,1H3,(H,40,44). The van der Waals surface area contributed by atoms with Gasteiger partial charge in [0.05, 0.1) is 22.1 Å². The molecule has 8 rings (SSSR count). The first-order valence-corrected chi connectivity index (χ1v) is 16.2. The van der Waals surface area contributed by atoms with Gasteiger partial charge in [0, 0.05) is 47.2 Å². The van der Waals surface area contributed by atoms with Gasteiger partial charge in [-0.25, -0.2) is 9.97 Å². The first-order valence-electron chi connectivity index (χ1n) is 16.2. The minimum absolute atomic E-state index is 0.144. The highest BCUT2D eigenvalue weighted by molar-refractivity contribution is 5.96. The van der Waals surface area contributed by atoms with E-state index in [4.69, 9.17) is 9.97 Å². The molecule has 0 bridgehead atoms. The number of likely N-dealkylation sites (tertiary alicyclic amines) is 1. The Hall–Kier alpha value is -4.49. The van der Waals surface area contributed by atoms with Crippen molar-refractivity contribution in [2.75, 3.05) is 19.6 Å². The summed E-state index contributed by atoms with van der Waals surface area (Å²) in [5.74, 6) is 0.975. The Balaban J connectivity index is 1.25. The number of aromatic nitrogens is 5. The predicted molar refractivity (Wildman–Crippen MR) is 179 cm³/mol. The summed E-state index contributed by atoms with van der Waals surface area (Å²) >= 11 is 0. The van der Waals surface area contributed by atoms with Crippen molar-refractivity contribution in [1.29, 1.82) is 0 Å². The van der Waals surface area contributed by atoms with Crippen LogP contribution in [0.15, 0.2) is 71.5 Å². The van der Waals surface area contributed by atoms with Gasteiger partial charge in [0.2, 0.25) is 0 Å². The molecule has 0 saturated carbocycles. The van der Waals surface area contributed by atoms with E-state index in [1.807, 2.05) is 36.4 Å². The Morgan fingerprint density at radius 2 is 1.75 bits per heavy atom. The zero-order valence-corrected chi connectivity index (χ0v) is 25.4. The SMILES string of the molecule is CCn1c2c(c3cc(-c4nc5cc6[nH]c(=O)c(Cc7ccccc7)nc6cc5n4CCCN4CCCC4)ccc31)C=CCC2.